The highest BCUT2D eigenvalue weighted by molar-refractivity contribution is 7.05. The van der Waals surface area contributed by atoms with Gasteiger partial charge in [-0.2, -0.15) is 17.5 Å². The summed E-state index contributed by atoms with van der Waals surface area (Å²) >= 11 is 0.750. The standard InChI is InChI=1S/C4H3F3N2S.C2H6/c1-2-8-3(9-10-2)4(5,6)7;1-2/h1H3;1-2H3. The zero-order valence-electron chi connectivity index (χ0n) is 6.94. The number of aryl methyl sites for hydroxylation is 1. The molecule has 0 unspecified atom stereocenters. The molecule has 0 N–H and O–H groups in total. The van der Waals surface area contributed by atoms with Gasteiger partial charge in [0, 0.05) is 0 Å². The molecule has 0 aliphatic carbocycles. The molecule has 0 aliphatic rings. The summed E-state index contributed by atoms with van der Waals surface area (Å²) in [7, 11) is 0. The Morgan fingerprint density at radius 1 is 1.25 bits per heavy atom. The maximum Gasteiger partial charge on any atom is 0.452 e. The zero-order chi connectivity index (χ0) is 9.78. The Kier molecular flexibility index (Phi) is 4.16. The first-order chi connectivity index (χ1) is 5.50. The van der Waals surface area contributed by atoms with Crippen LogP contribution in [0.1, 0.15) is 24.7 Å². The van der Waals surface area contributed by atoms with Crippen LogP contribution in [0.3, 0.4) is 0 Å². The van der Waals surface area contributed by atoms with Gasteiger partial charge in [0.25, 0.3) is 0 Å². The lowest BCUT2D eigenvalue weighted by molar-refractivity contribution is -0.144. The molecular formula is C6H9F3N2S. The van der Waals surface area contributed by atoms with Crippen LogP contribution in [0.25, 0.3) is 0 Å². The second kappa shape index (κ2) is 4.39. The summed E-state index contributed by atoms with van der Waals surface area (Å²) in [5.41, 5.74) is 0. The van der Waals surface area contributed by atoms with Gasteiger partial charge in [0.05, 0.1) is 0 Å². The summed E-state index contributed by atoms with van der Waals surface area (Å²) in [6.45, 7) is 5.48. The Balaban J connectivity index is 0.000000561. The monoisotopic (exact) mass is 198 g/mol. The van der Waals surface area contributed by atoms with Crippen molar-refractivity contribution in [3.8, 4) is 0 Å². The van der Waals surface area contributed by atoms with E-state index in [0.717, 1.165) is 11.5 Å². The normalized spacial score (nSPS) is 10.5. The molecule has 0 bridgehead atoms. The fourth-order valence-electron chi connectivity index (χ4n) is 0.414. The molecule has 1 aromatic heterocycles. The lowest BCUT2D eigenvalue weighted by atomic mass is 10.6. The Bertz CT molecular complexity index is 231. The maximum absolute atomic E-state index is 11.7. The number of hydrogen-bond donors (Lipinski definition) is 0. The van der Waals surface area contributed by atoms with Crippen LogP contribution < -0.4 is 0 Å². The summed E-state index contributed by atoms with van der Waals surface area (Å²) in [6, 6.07) is 0. The molecule has 12 heavy (non-hydrogen) atoms. The average Bonchev–Trinajstić information content (AvgIpc) is 2.39. The molecule has 0 aromatic carbocycles. The topological polar surface area (TPSA) is 25.8 Å². The smallest absolute Gasteiger partial charge is 0.216 e. The molecule has 0 amide bonds. The molecule has 0 radical (unpaired) electrons. The third-order valence-corrected chi connectivity index (χ3v) is 1.40. The first kappa shape index (κ1) is 11.4. The van der Waals surface area contributed by atoms with E-state index < -0.39 is 12.0 Å². The van der Waals surface area contributed by atoms with E-state index in [4.69, 9.17) is 0 Å². The van der Waals surface area contributed by atoms with Crippen molar-refractivity contribution in [1.29, 1.82) is 0 Å². The van der Waals surface area contributed by atoms with Crippen LogP contribution in [0.15, 0.2) is 0 Å². The van der Waals surface area contributed by atoms with Crippen LogP contribution in [-0.2, 0) is 6.18 Å². The van der Waals surface area contributed by atoms with Gasteiger partial charge in [-0.15, -0.1) is 0 Å². The van der Waals surface area contributed by atoms with E-state index in [2.05, 4.69) is 9.36 Å². The van der Waals surface area contributed by atoms with Crippen molar-refractivity contribution in [2.45, 2.75) is 26.9 Å². The summed E-state index contributed by atoms with van der Waals surface area (Å²) in [6.07, 6.45) is -4.40. The number of aromatic nitrogens is 2. The Morgan fingerprint density at radius 3 is 1.92 bits per heavy atom. The van der Waals surface area contributed by atoms with Crippen LogP contribution in [0, 0.1) is 6.92 Å². The highest BCUT2D eigenvalue weighted by Crippen LogP contribution is 2.26. The molecule has 0 aliphatic heterocycles. The Labute approximate surface area is 72.6 Å². The molecule has 6 heteroatoms. The molecule has 0 fully saturated rings. The molecule has 0 saturated carbocycles. The van der Waals surface area contributed by atoms with E-state index in [1.54, 1.807) is 0 Å². The molecule has 1 rings (SSSR count). The second-order valence-corrected chi connectivity index (χ2v) is 2.59. The third kappa shape index (κ3) is 3.17. The first-order valence-electron chi connectivity index (χ1n) is 3.37. The van der Waals surface area contributed by atoms with Gasteiger partial charge in [0.15, 0.2) is 0 Å². The predicted molar refractivity (Wildman–Crippen MR) is 41.0 cm³/mol. The van der Waals surface area contributed by atoms with Crippen molar-refractivity contribution in [3.05, 3.63) is 10.8 Å². The van der Waals surface area contributed by atoms with Crippen molar-refractivity contribution in [1.82, 2.24) is 9.36 Å². The third-order valence-electron chi connectivity index (χ3n) is 0.781. The van der Waals surface area contributed by atoms with Gasteiger partial charge in [-0.05, 0) is 18.5 Å². The molecule has 0 atom stereocenters. The van der Waals surface area contributed by atoms with E-state index in [1.165, 1.54) is 6.92 Å². The predicted octanol–water partition coefficient (Wildman–Crippen LogP) is 2.89. The van der Waals surface area contributed by atoms with Gasteiger partial charge >= 0.3 is 6.18 Å². The summed E-state index contributed by atoms with van der Waals surface area (Å²) in [5.74, 6) is -1.05. The van der Waals surface area contributed by atoms with Gasteiger partial charge in [0.1, 0.15) is 5.01 Å². The first-order valence-corrected chi connectivity index (χ1v) is 4.15. The summed E-state index contributed by atoms with van der Waals surface area (Å²) in [4.78, 5) is 3.16. The van der Waals surface area contributed by atoms with E-state index >= 15 is 0 Å². The van der Waals surface area contributed by atoms with Gasteiger partial charge in [-0.3, -0.25) is 0 Å². The number of alkyl halides is 3. The van der Waals surface area contributed by atoms with E-state index in [1.807, 2.05) is 13.8 Å². The number of hydrogen-bond acceptors (Lipinski definition) is 3. The van der Waals surface area contributed by atoms with Gasteiger partial charge in [-0.25, -0.2) is 4.98 Å². The fourth-order valence-corrected chi connectivity index (χ4v) is 0.905. The quantitative estimate of drug-likeness (QED) is 0.640. The van der Waals surface area contributed by atoms with E-state index in [9.17, 15) is 13.2 Å². The Morgan fingerprint density at radius 2 is 1.75 bits per heavy atom. The number of nitrogens with zero attached hydrogens (tertiary/aromatic N) is 2. The van der Waals surface area contributed by atoms with Crippen molar-refractivity contribution in [2.24, 2.45) is 0 Å². The molecule has 0 spiro atoms. The SMILES string of the molecule is CC.Cc1nc(C(F)(F)F)ns1. The number of rotatable bonds is 0. The van der Waals surface area contributed by atoms with Crippen LogP contribution >= 0.6 is 11.5 Å². The largest absolute Gasteiger partial charge is 0.452 e. The minimum atomic E-state index is -4.40. The van der Waals surface area contributed by atoms with Gasteiger partial charge in [-0.1, -0.05) is 13.8 Å². The molecule has 1 heterocycles. The molecule has 70 valence electrons. The molecular weight excluding hydrogens is 189 g/mol. The average molecular weight is 198 g/mol. The van der Waals surface area contributed by atoms with Crippen molar-refractivity contribution >= 4 is 11.5 Å². The van der Waals surface area contributed by atoms with Crippen LogP contribution in [0.4, 0.5) is 13.2 Å². The molecule has 0 saturated heterocycles. The van der Waals surface area contributed by atoms with E-state index in [-0.39, 0.29) is 0 Å². The second-order valence-electron chi connectivity index (χ2n) is 1.63. The summed E-state index contributed by atoms with van der Waals surface area (Å²) < 4.78 is 38.1. The molecule has 1 aromatic rings. The minimum Gasteiger partial charge on any atom is -0.216 e. The lowest BCUT2D eigenvalue weighted by Gasteiger charge is -1.96. The molecule has 2 nitrogen and oxygen atoms in total. The van der Waals surface area contributed by atoms with Crippen LogP contribution in [-0.4, -0.2) is 9.36 Å². The maximum atomic E-state index is 11.7. The van der Waals surface area contributed by atoms with Crippen molar-refractivity contribution in [3.63, 3.8) is 0 Å². The minimum absolute atomic E-state index is 0.326. The van der Waals surface area contributed by atoms with Gasteiger partial charge < -0.3 is 0 Å². The van der Waals surface area contributed by atoms with E-state index in [0.29, 0.717) is 5.01 Å². The summed E-state index contributed by atoms with van der Waals surface area (Å²) in [5, 5.41) is 0.326. The Hall–Kier alpha value is -0.650. The lowest BCUT2D eigenvalue weighted by Crippen LogP contribution is -2.06. The fraction of sp³-hybridized carbons (Fsp3) is 0.667. The zero-order valence-corrected chi connectivity index (χ0v) is 7.75. The van der Waals surface area contributed by atoms with Crippen LogP contribution in [0.2, 0.25) is 0 Å². The van der Waals surface area contributed by atoms with Crippen molar-refractivity contribution < 1.29 is 13.2 Å². The van der Waals surface area contributed by atoms with Crippen molar-refractivity contribution in [2.75, 3.05) is 0 Å². The van der Waals surface area contributed by atoms with Crippen LogP contribution in [0.5, 0.6) is 0 Å². The highest BCUT2D eigenvalue weighted by Gasteiger charge is 2.35. The number of halogens is 3. The highest BCUT2D eigenvalue weighted by atomic mass is 32.1. The van der Waals surface area contributed by atoms with Gasteiger partial charge in [0.2, 0.25) is 5.82 Å².